The Morgan fingerprint density at radius 1 is 0.486 bits per heavy atom. The van der Waals surface area contributed by atoms with E-state index in [2.05, 4.69) is 134 Å². The first-order valence-corrected chi connectivity index (χ1v) is 11.1. The van der Waals surface area contributed by atoms with Gasteiger partial charge in [0.15, 0.2) is 0 Å². The smallest absolute Gasteiger partial charge is 0.403 e. The first kappa shape index (κ1) is 28.9. The molecule has 0 saturated heterocycles. The number of aryl methyl sites for hydroxylation is 4. The summed E-state index contributed by atoms with van der Waals surface area (Å²) in [5.74, 6) is 0. The molecule has 6 rings (SSSR count). The van der Waals surface area contributed by atoms with Crippen LogP contribution in [0.3, 0.4) is 0 Å². The van der Waals surface area contributed by atoms with Gasteiger partial charge >= 0.3 is 26.2 Å². The number of benzene rings is 2. The molecule has 2 nitrogen and oxygen atoms in total. The van der Waals surface area contributed by atoms with Crippen molar-refractivity contribution in [2.45, 2.75) is 27.7 Å². The van der Waals surface area contributed by atoms with Crippen molar-refractivity contribution in [3.8, 4) is 11.4 Å². The molecule has 0 aliphatic carbocycles. The second kappa shape index (κ2) is 12.1. The van der Waals surface area contributed by atoms with Gasteiger partial charge in [0.2, 0.25) is 0 Å². The van der Waals surface area contributed by atoms with Crippen LogP contribution >= 0.6 is 24.8 Å². The van der Waals surface area contributed by atoms with Crippen LogP contribution in [0.4, 0.5) is 0 Å². The van der Waals surface area contributed by atoms with Crippen molar-refractivity contribution in [1.29, 1.82) is 0 Å². The molecule has 6 aromatic rings. The number of halogens is 2. The normalized spacial score (nSPS) is 10.2. The molecule has 0 saturated carbocycles. The monoisotopic (exact) mass is 578 g/mol. The van der Waals surface area contributed by atoms with Crippen molar-refractivity contribution in [3.05, 3.63) is 120 Å². The molecular formula is C30H30Cl2N2Zr. The van der Waals surface area contributed by atoms with Crippen LogP contribution in [0, 0.1) is 27.7 Å². The molecule has 0 fully saturated rings. The van der Waals surface area contributed by atoms with Crippen LogP contribution in [0.15, 0.2) is 97.6 Å². The number of rotatable bonds is 2. The minimum atomic E-state index is 0. The van der Waals surface area contributed by atoms with Gasteiger partial charge in [0.05, 0.1) is 0 Å². The van der Waals surface area contributed by atoms with Crippen LogP contribution in [0.5, 0.6) is 0 Å². The summed E-state index contributed by atoms with van der Waals surface area (Å²) in [7, 11) is 0. The van der Waals surface area contributed by atoms with E-state index in [1.807, 2.05) is 0 Å². The van der Waals surface area contributed by atoms with Crippen molar-refractivity contribution < 1.29 is 26.2 Å². The van der Waals surface area contributed by atoms with E-state index in [1.54, 1.807) is 0 Å². The van der Waals surface area contributed by atoms with E-state index in [4.69, 9.17) is 0 Å². The molecule has 0 aliphatic heterocycles. The minimum absolute atomic E-state index is 0. The van der Waals surface area contributed by atoms with E-state index in [0.29, 0.717) is 0 Å². The maximum atomic E-state index is 2.22. The number of fused-ring (bicyclic) bond motifs is 2. The maximum Gasteiger partial charge on any atom is 2.00 e. The topological polar surface area (TPSA) is 9.86 Å². The first-order valence-electron chi connectivity index (χ1n) is 11.1. The van der Waals surface area contributed by atoms with E-state index >= 15 is 0 Å². The Morgan fingerprint density at radius 3 is 1.14 bits per heavy atom. The van der Waals surface area contributed by atoms with Gasteiger partial charge < -0.3 is 9.13 Å². The Labute approximate surface area is 239 Å². The van der Waals surface area contributed by atoms with Crippen LogP contribution in [0.1, 0.15) is 22.3 Å². The van der Waals surface area contributed by atoms with E-state index in [0.717, 1.165) is 0 Å². The maximum absolute atomic E-state index is 2.22. The van der Waals surface area contributed by atoms with Gasteiger partial charge in [-0.1, -0.05) is 118 Å². The Morgan fingerprint density at radius 2 is 0.800 bits per heavy atom. The summed E-state index contributed by atoms with van der Waals surface area (Å²) < 4.78 is 4.35. The molecule has 0 amide bonds. The van der Waals surface area contributed by atoms with Crippen LogP contribution in [-0.2, 0) is 26.2 Å². The van der Waals surface area contributed by atoms with Crippen molar-refractivity contribution in [2.75, 3.05) is 0 Å². The molecule has 2 heterocycles. The molecular weight excluding hydrogens is 550 g/mol. The van der Waals surface area contributed by atoms with Gasteiger partial charge in [0, 0.05) is 0 Å². The van der Waals surface area contributed by atoms with Gasteiger partial charge in [0.1, 0.15) is 0 Å². The Hall–Kier alpha value is -2.32. The molecule has 2 aromatic heterocycles. The molecule has 35 heavy (non-hydrogen) atoms. The summed E-state index contributed by atoms with van der Waals surface area (Å²) in [5.41, 5.74) is 7.93. The van der Waals surface area contributed by atoms with E-state index in [-0.39, 0.29) is 51.0 Å². The molecule has 0 atom stereocenters. The molecule has 0 N–H and O–H groups in total. The van der Waals surface area contributed by atoms with Crippen molar-refractivity contribution in [1.82, 2.24) is 9.13 Å². The zero-order valence-electron chi connectivity index (χ0n) is 20.4. The van der Waals surface area contributed by atoms with Gasteiger partial charge in [-0.2, -0.15) is 0 Å². The minimum Gasteiger partial charge on any atom is -0.403 e. The molecule has 0 spiro atoms. The summed E-state index contributed by atoms with van der Waals surface area (Å²) in [6.07, 6.45) is 8.38. The van der Waals surface area contributed by atoms with Gasteiger partial charge in [-0.3, -0.25) is 0 Å². The summed E-state index contributed by atoms with van der Waals surface area (Å²) in [6, 6.07) is 25.8. The molecule has 0 radical (unpaired) electrons. The largest absolute Gasteiger partial charge is 2.00 e. The predicted octanol–water partition coefficient (Wildman–Crippen LogP) is 8.77. The van der Waals surface area contributed by atoms with Crippen molar-refractivity contribution in [3.63, 3.8) is 0 Å². The third-order valence-corrected chi connectivity index (χ3v) is 6.44. The molecule has 0 unspecified atom stereocenters. The van der Waals surface area contributed by atoms with Gasteiger partial charge in [0.25, 0.3) is 0 Å². The Bertz CT molecular complexity index is 1390. The summed E-state index contributed by atoms with van der Waals surface area (Å²) >= 11 is 0. The number of hydrogen-bond acceptors (Lipinski definition) is 0. The summed E-state index contributed by atoms with van der Waals surface area (Å²) in [4.78, 5) is 0. The van der Waals surface area contributed by atoms with E-state index < -0.39 is 0 Å². The summed E-state index contributed by atoms with van der Waals surface area (Å²) in [5, 5.41) is 5.47. The van der Waals surface area contributed by atoms with Crippen molar-refractivity contribution >= 4 is 46.4 Å². The fraction of sp³-hybridized carbons (Fsp3) is 0.133. The van der Waals surface area contributed by atoms with Crippen LogP contribution in [-0.4, -0.2) is 9.13 Å². The van der Waals surface area contributed by atoms with Crippen LogP contribution in [0.25, 0.3) is 32.9 Å². The average molecular weight is 581 g/mol. The third-order valence-electron chi connectivity index (χ3n) is 6.44. The van der Waals surface area contributed by atoms with Gasteiger partial charge in [-0.15, -0.1) is 36.9 Å². The standard InChI is InChI=1S/2C15H14N.2ClH.Zr/c2*1-11-5-6-12(2)15-13(11)7-8-14(15)16-9-3-4-10-16;;;/h2*3-10H,1-2H3;2*1H;/q2*-1;;;+2. The quantitative estimate of drug-likeness (QED) is 0.181. The molecule has 178 valence electrons. The predicted molar refractivity (Wildman–Crippen MR) is 151 cm³/mol. The third kappa shape index (κ3) is 5.43. The number of aromatic nitrogens is 2. The Kier molecular flexibility index (Phi) is 9.98. The zero-order valence-corrected chi connectivity index (χ0v) is 24.5. The summed E-state index contributed by atoms with van der Waals surface area (Å²) in [6.45, 7) is 8.69. The average Bonchev–Trinajstić information content (AvgIpc) is 3.59. The van der Waals surface area contributed by atoms with E-state index in [9.17, 15) is 0 Å². The van der Waals surface area contributed by atoms with Crippen LogP contribution < -0.4 is 0 Å². The molecule has 0 bridgehead atoms. The Balaban J connectivity index is 0.000000227. The van der Waals surface area contributed by atoms with Gasteiger partial charge in [-0.25, -0.2) is 0 Å². The fourth-order valence-corrected chi connectivity index (χ4v) is 4.69. The fourth-order valence-electron chi connectivity index (χ4n) is 4.69. The zero-order chi connectivity index (χ0) is 22.2. The molecule has 4 aromatic carbocycles. The van der Waals surface area contributed by atoms with Crippen LogP contribution in [0.2, 0.25) is 0 Å². The van der Waals surface area contributed by atoms with Gasteiger partial charge in [-0.05, 0) is 50.0 Å². The number of hydrogen-bond donors (Lipinski definition) is 0. The SMILES string of the molecule is Cc1ccc(C)c2c1cc[c-]2-n1cccc1.Cc1ccc(C)c2c1cc[c-]2-n1cccc1.Cl.Cl.[Zr+2]. The second-order valence-corrected chi connectivity index (χ2v) is 8.59. The molecule has 0 aliphatic rings. The van der Waals surface area contributed by atoms with E-state index in [1.165, 1.54) is 55.2 Å². The first-order chi connectivity index (χ1) is 15.5. The molecule has 5 heteroatoms. The second-order valence-electron chi connectivity index (χ2n) is 8.59. The van der Waals surface area contributed by atoms with Crippen molar-refractivity contribution in [2.24, 2.45) is 0 Å². The number of nitrogens with zero attached hydrogens (tertiary/aromatic N) is 2.